The summed E-state index contributed by atoms with van der Waals surface area (Å²) in [4.78, 5) is 12.7. The number of nitrogens with two attached hydrogens (primary N) is 1. The molecular formula is C22H22N8O3. The molecule has 3 N–H and O–H groups in total. The van der Waals surface area contributed by atoms with Crippen LogP contribution in [0.2, 0.25) is 0 Å². The average Bonchev–Trinajstić information content (AvgIpc) is 3.44. The fourth-order valence-corrected chi connectivity index (χ4v) is 3.11. The Morgan fingerprint density at radius 1 is 1.21 bits per heavy atom. The first kappa shape index (κ1) is 21.7. The van der Waals surface area contributed by atoms with Crippen molar-refractivity contribution < 1.29 is 14.2 Å². The molecule has 0 aliphatic rings. The molecule has 11 nitrogen and oxygen atoms in total. The van der Waals surface area contributed by atoms with Gasteiger partial charge in [0.05, 0.1) is 11.9 Å². The Morgan fingerprint density at radius 3 is 2.76 bits per heavy atom. The number of amides is 1. The molecule has 0 aliphatic carbocycles. The zero-order valence-corrected chi connectivity index (χ0v) is 18.0. The van der Waals surface area contributed by atoms with E-state index in [2.05, 4.69) is 35.8 Å². The molecule has 0 bridgehead atoms. The minimum Gasteiger partial charge on any atom is -0.489 e. The molecule has 4 aromatic rings. The Balaban J connectivity index is 1.43. The van der Waals surface area contributed by atoms with Crippen LogP contribution in [0.5, 0.6) is 5.75 Å². The van der Waals surface area contributed by atoms with E-state index in [9.17, 15) is 4.79 Å². The van der Waals surface area contributed by atoms with E-state index in [-0.39, 0.29) is 23.2 Å². The standard InChI is InChI=1S/C22H22N8O3/c1-14(2)19-18(25-29-30(19)21-20(23)27-33-28-21)22(31)26-24-12-16-9-6-10-17(11-16)32-13-15-7-4-3-5-8-15/h3-12,14H,13H2,1-2H3,(H2,23,27)(H,26,31). The number of hydrogen-bond donors (Lipinski definition) is 2. The van der Waals surface area contributed by atoms with E-state index >= 15 is 0 Å². The Morgan fingerprint density at radius 2 is 2.03 bits per heavy atom. The molecule has 33 heavy (non-hydrogen) atoms. The van der Waals surface area contributed by atoms with Crippen LogP contribution in [0.25, 0.3) is 5.82 Å². The maximum absolute atomic E-state index is 12.7. The van der Waals surface area contributed by atoms with Gasteiger partial charge in [0.1, 0.15) is 12.4 Å². The monoisotopic (exact) mass is 446 g/mol. The second-order valence-electron chi connectivity index (χ2n) is 7.41. The third-order valence-corrected chi connectivity index (χ3v) is 4.65. The summed E-state index contributed by atoms with van der Waals surface area (Å²) in [5.74, 6) is 0.271. The molecule has 0 saturated heterocycles. The number of carbonyl (C=O) groups excluding carboxylic acids is 1. The number of nitrogens with one attached hydrogen (secondary N) is 1. The van der Waals surface area contributed by atoms with Crippen molar-refractivity contribution in [3.8, 4) is 11.6 Å². The van der Waals surface area contributed by atoms with Gasteiger partial charge in [-0.15, -0.1) is 5.10 Å². The first-order valence-corrected chi connectivity index (χ1v) is 10.2. The zero-order chi connectivity index (χ0) is 23.2. The highest BCUT2D eigenvalue weighted by molar-refractivity contribution is 5.94. The number of carbonyl (C=O) groups is 1. The van der Waals surface area contributed by atoms with E-state index in [0.717, 1.165) is 11.1 Å². The summed E-state index contributed by atoms with van der Waals surface area (Å²) in [6.45, 7) is 4.23. The maximum Gasteiger partial charge on any atom is 0.293 e. The van der Waals surface area contributed by atoms with Crippen LogP contribution in [0.3, 0.4) is 0 Å². The number of anilines is 1. The highest BCUT2D eigenvalue weighted by Gasteiger charge is 2.25. The van der Waals surface area contributed by atoms with Crippen LogP contribution in [-0.4, -0.2) is 37.4 Å². The molecule has 0 fully saturated rings. The van der Waals surface area contributed by atoms with Gasteiger partial charge >= 0.3 is 0 Å². The lowest BCUT2D eigenvalue weighted by molar-refractivity contribution is 0.0948. The maximum atomic E-state index is 12.7. The summed E-state index contributed by atoms with van der Waals surface area (Å²) in [5, 5.41) is 19.2. The van der Waals surface area contributed by atoms with Crippen LogP contribution >= 0.6 is 0 Å². The van der Waals surface area contributed by atoms with E-state index in [4.69, 9.17) is 10.5 Å². The highest BCUT2D eigenvalue weighted by Crippen LogP contribution is 2.22. The number of hydrazone groups is 1. The molecule has 4 rings (SSSR count). The molecule has 0 atom stereocenters. The molecule has 1 amide bonds. The molecule has 0 aliphatic heterocycles. The van der Waals surface area contributed by atoms with Gasteiger partial charge in [-0.25, -0.2) is 10.1 Å². The van der Waals surface area contributed by atoms with Crippen LogP contribution < -0.4 is 15.9 Å². The van der Waals surface area contributed by atoms with E-state index in [0.29, 0.717) is 18.1 Å². The van der Waals surface area contributed by atoms with Crippen molar-refractivity contribution in [3.63, 3.8) is 0 Å². The first-order chi connectivity index (χ1) is 16.0. The molecule has 0 unspecified atom stereocenters. The van der Waals surface area contributed by atoms with Crippen LogP contribution in [0, 0.1) is 0 Å². The largest absolute Gasteiger partial charge is 0.489 e. The Bertz CT molecular complexity index is 1260. The molecule has 168 valence electrons. The van der Waals surface area contributed by atoms with Crippen molar-refractivity contribution in [1.29, 1.82) is 0 Å². The summed E-state index contributed by atoms with van der Waals surface area (Å²) < 4.78 is 11.8. The molecule has 0 saturated carbocycles. The summed E-state index contributed by atoms with van der Waals surface area (Å²) in [6, 6.07) is 17.3. The normalized spacial score (nSPS) is 11.2. The summed E-state index contributed by atoms with van der Waals surface area (Å²) >= 11 is 0. The van der Waals surface area contributed by atoms with Crippen LogP contribution in [-0.2, 0) is 6.61 Å². The average molecular weight is 446 g/mol. The van der Waals surface area contributed by atoms with Crippen molar-refractivity contribution in [3.05, 3.63) is 77.1 Å². The lowest BCUT2D eigenvalue weighted by Crippen LogP contribution is -2.21. The number of nitrogen functional groups attached to an aromatic ring is 1. The van der Waals surface area contributed by atoms with Gasteiger partial charge in [0, 0.05) is 0 Å². The van der Waals surface area contributed by atoms with Gasteiger partial charge in [-0.05, 0) is 39.5 Å². The third-order valence-electron chi connectivity index (χ3n) is 4.65. The minimum atomic E-state index is -0.521. The Hall–Kier alpha value is -4.54. The second-order valence-corrected chi connectivity index (χ2v) is 7.41. The van der Waals surface area contributed by atoms with Crippen LogP contribution in [0.15, 0.2) is 64.3 Å². The van der Waals surface area contributed by atoms with Gasteiger partial charge in [0.25, 0.3) is 5.91 Å². The number of benzene rings is 2. The Kier molecular flexibility index (Phi) is 6.39. The van der Waals surface area contributed by atoms with Gasteiger partial charge in [-0.3, -0.25) is 4.79 Å². The third kappa shape index (κ3) is 5.03. The van der Waals surface area contributed by atoms with Crippen molar-refractivity contribution in [2.75, 3.05) is 5.73 Å². The fraction of sp³-hybridized carbons (Fsp3) is 0.182. The summed E-state index contributed by atoms with van der Waals surface area (Å²) in [7, 11) is 0. The first-order valence-electron chi connectivity index (χ1n) is 10.2. The number of rotatable bonds is 8. The number of aromatic nitrogens is 5. The topological polar surface area (TPSA) is 146 Å². The molecular weight excluding hydrogens is 424 g/mol. The van der Waals surface area contributed by atoms with Crippen molar-refractivity contribution in [2.24, 2.45) is 5.10 Å². The number of ether oxygens (including phenoxy) is 1. The molecule has 2 aromatic carbocycles. The van der Waals surface area contributed by atoms with E-state index in [1.807, 2.05) is 68.4 Å². The van der Waals surface area contributed by atoms with Crippen molar-refractivity contribution >= 4 is 17.9 Å². The van der Waals surface area contributed by atoms with Crippen molar-refractivity contribution in [1.82, 2.24) is 30.7 Å². The highest BCUT2D eigenvalue weighted by atomic mass is 16.6. The molecule has 0 spiro atoms. The van der Waals surface area contributed by atoms with Gasteiger partial charge in [-0.2, -0.15) is 9.78 Å². The number of nitrogens with zero attached hydrogens (tertiary/aromatic N) is 6. The minimum absolute atomic E-state index is 0.0427. The number of hydrogen-bond acceptors (Lipinski definition) is 9. The molecule has 0 radical (unpaired) electrons. The molecule has 2 aromatic heterocycles. The summed E-state index contributed by atoms with van der Waals surface area (Å²) in [6.07, 6.45) is 1.52. The SMILES string of the molecule is CC(C)c1c(C(=O)NN=Cc2cccc(OCc3ccccc3)c2)nnn1-c1nonc1N. The smallest absolute Gasteiger partial charge is 0.293 e. The zero-order valence-electron chi connectivity index (χ0n) is 18.0. The van der Waals surface area contributed by atoms with Gasteiger partial charge in [-0.1, -0.05) is 61.5 Å². The van der Waals surface area contributed by atoms with E-state index in [1.54, 1.807) is 0 Å². The lowest BCUT2D eigenvalue weighted by Gasteiger charge is -2.08. The second kappa shape index (κ2) is 9.73. The Labute approximate surface area is 189 Å². The van der Waals surface area contributed by atoms with Gasteiger partial charge < -0.3 is 10.5 Å². The van der Waals surface area contributed by atoms with Crippen molar-refractivity contribution in [2.45, 2.75) is 26.4 Å². The quantitative estimate of drug-likeness (QED) is 0.310. The lowest BCUT2D eigenvalue weighted by atomic mass is 10.1. The molecule has 2 heterocycles. The van der Waals surface area contributed by atoms with Crippen LogP contribution in [0.1, 0.15) is 47.1 Å². The predicted molar refractivity (Wildman–Crippen MR) is 120 cm³/mol. The van der Waals surface area contributed by atoms with E-state index in [1.165, 1.54) is 10.9 Å². The van der Waals surface area contributed by atoms with Gasteiger partial charge in [0.2, 0.25) is 11.6 Å². The fourth-order valence-electron chi connectivity index (χ4n) is 3.11. The van der Waals surface area contributed by atoms with Crippen LogP contribution in [0.4, 0.5) is 5.82 Å². The van der Waals surface area contributed by atoms with E-state index < -0.39 is 5.91 Å². The van der Waals surface area contributed by atoms with Gasteiger partial charge in [0.15, 0.2) is 5.69 Å². The molecule has 11 heteroatoms. The summed E-state index contributed by atoms with van der Waals surface area (Å²) in [5.41, 5.74) is 10.7. The predicted octanol–water partition coefficient (Wildman–Crippen LogP) is 2.70.